The maximum Gasteiger partial charge on any atom is 0.411 e. The number of carbonyl (C=O) groups excluding carboxylic acids is 2. The van der Waals surface area contributed by atoms with Crippen molar-refractivity contribution in [2.75, 3.05) is 13.7 Å². The Kier molecular flexibility index (Phi) is 4.45. The van der Waals surface area contributed by atoms with Crippen LogP contribution in [-0.2, 0) is 14.3 Å². The molecule has 1 aliphatic rings. The van der Waals surface area contributed by atoms with Crippen LogP contribution in [0, 0.1) is 0 Å². The van der Waals surface area contributed by atoms with Crippen molar-refractivity contribution in [3.05, 3.63) is 0 Å². The Morgan fingerprint density at radius 3 is 2.42 bits per heavy atom. The topological polar surface area (TPSA) is 76.1 Å². The summed E-state index contributed by atoms with van der Waals surface area (Å²) in [4.78, 5) is 25.5. The minimum absolute atomic E-state index is 0.0812. The zero-order chi connectivity index (χ0) is 14.8. The van der Waals surface area contributed by atoms with Gasteiger partial charge in [-0.1, -0.05) is 6.92 Å². The second-order valence-corrected chi connectivity index (χ2v) is 5.83. The number of hydrogen-bond acceptors (Lipinski definition) is 5. The molecule has 1 saturated heterocycles. The van der Waals surface area contributed by atoms with Gasteiger partial charge in [0.15, 0.2) is 0 Å². The second-order valence-electron chi connectivity index (χ2n) is 5.83. The van der Waals surface area contributed by atoms with Gasteiger partial charge in [-0.15, -0.1) is 0 Å². The summed E-state index contributed by atoms with van der Waals surface area (Å²) in [5.74, 6) is -0.516. The third kappa shape index (κ3) is 3.18. The Morgan fingerprint density at radius 2 is 2.00 bits per heavy atom. The van der Waals surface area contributed by atoms with Gasteiger partial charge in [-0.2, -0.15) is 0 Å². The van der Waals surface area contributed by atoms with E-state index in [1.807, 2.05) is 0 Å². The smallest absolute Gasteiger partial charge is 0.411 e. The van der Waals surface area contributed by atoms with Crippen LogP contribution < -0.4 is 0 Å². The van der Waals surface area contributed by atoms with Gasteiger partial charge in [0.2, 0.25) is 0 Å². The van der Waals surface area contributed by atoms with Crippen LogP contribution in [0.2, 0.25) is 0 Å². The van der Waals surface area contributed by atoms with E-state index < -0.39 is 29.3 Å². The highest BCUT2D eigenvalue weighted by Gasteiger charge is 2.53. The highest BCUT2D eigenvalue weighted by molar-refractivity contribution is 5.86. The molecule has 110 valence electrons. The number of carbonyl (C=O) groups is 2. The minimum atomic E-state index is -1.13. The summed E-state index contributed by atoms with van der Waals surface area (Å²) in [7, 11) is 1.28. The lowest BCUT2D eigenvalue weighted by atomic mass is 9.92. The lowest BCUT2D eigenvalue weighted by molar-refractivity contribution is -0.153. The van der Waals surface area contributed by atoms with Crippen molar-refractivity contribution in [2.24, 2.45) is 0 Å². The zero-order valence-electron chi connectivity index (χ0n) is 12.2. The van der Waals surface area contributed by atoms with E-state index in [0.717, 1.165) is 0 Å². The summed E-state index contributed by atoms with van der Waals surface area (Å²) in [6.45, 7) is 7.12. The van der Waals surface area contributed by atoms with Gasteiger partial charge in [-0.3, -0.25) is 4.90 Å². The molecule has 6 nitrogen and oxygen atoms in total. The zero-order valence-corrected chi connectivity index (χ0v) is 12.2. The van der Waals surface area contributed by atoms with Crippen molar-refractivity contribution in [1.82, 2.24) is 4.90 Å². The molecule has 1 rings (SSSR count). The second kappa shape index (κ2) is 5.36. The first-order chi connectivity index (χ1) is 8.66. The van der Waals surface area contributed by atoms with E-state index in [9.17, 15) is 14.7 Å². The van der Waals surface area contributed by atoms with Crippen LogP contribution in [0.4, 0.5) is 4.79 Å². The third-order valence-corrected chi connectivity index (χ3v) is 3.25. The quantitative estimate of drug-likeness (QED) is 0.768. The Morgan fingerprint density at radius 1 is 1.42 bits per heavy atom. The Balaban J connectivity index is 3.02. The van der Waals surface area contributed by atoms with Crippen LogP contribution in [0.15, 0.2) is 0 Å². The van der Waals surface area contributed by atoms with Crippen molar-refractivity contribution in [2.45, 2.75) is 57.8 Å². The molecule has 0 saturated carbocycles. The monoisotopic (exact) mass is 273 g/mol. The average Bonchev–Trinajstić information content (AvgIpc) is 2.64. The highest BCUT2D eigenvalue weighted by atomic mass is 16.6. The fourth-order valence-corrected chi connectivity index (χ4v) is 2.38. The van der Waals surface area contributed by atoms with Crippen molar-refractivity contribution < 1.29 is 24.2 Å². The molecule has 1 amide bonds. The molecule has 0 radical (unpaired) electrons. The molecule has 1 aliphatic heterocycles. The summed E-state index contributed by atoms with van der Waals surface area (Å²) >= 11 is 0. The van der Waals surface area contributed by atoms with E-state index in [2.05, 4.69) is 0 Å². The van der Waals surface area contributed by atoms with Gasteiger partial charge in [-0.05, 0) is 27.2 Å². The van der Waals surface area contributed by atoms with Crippen LogP contribution in [0.25, 0.3) is 0 Å². The Bertz CT molecular complexity index is 363. The molecular formula is C13H23NO5. The lowest BCUT2D eigenvalue weighted by Crippen LogP contribution is -2.54. The van der Waals surface area contributed by atoms with Gasteiger partial charge >= 0.3 is 12.1 Å². The summed E-state index contributed by atoms with van der Waals surface area (Å²) in [6, 6.07) is 0. The van der Waals surface area contributed by atoms with E-state index in [4.69, 9.17) is 9.47 Å². The number of esters is 1. The summed E-state index contributed by atoms with van der Waals surface area (Å²) in [5.41, 5.74) is -1.78. The van der Waals surface area contributed by atoms with Crippen molar-refractivity contribution >= 4 is 12.1 Å². The first-order valence-corrected chi connectivity index (χ1v) is 6.43. The molecule has 0 aromatic rings. The predicted octanol–water partition coefficient (Wildman–Crippen LogP) is 1.31. The molecule has 0 aromatic carbocycles. The highest BCUT2D eigenvalue weighted by Crippen LogP contribution is 2.35. The molecule has 0 aromatic heterocycles. The molecule has 1 N–H and O–H groups in total. The number of hydrogen-bond donors (Lipinski definition) is 1. The van der Waals surface area contributed by atoms with Crippen LogP contribution in [0.5, 0.6) is 0 Å². The normalized spacial score (nSPS) is 27.3. The van der Waals surface area contributed by atoms with E-state index in [-0.39, 0.29) is 13.0 Å². The fraction of sp³-hybridized carbons (Fsp3) is 0.846. The molecule has 1 heterocycles. The number of rotatable bonds is 2. The molecule has 0 spiro atoms. The molecule has 2 atom stereocenters. The molecule has 0 aliphatic carbocycles. The molecule has 0 unspecified atom stereocenters. The standard InChI is InChI=1S/C13H23NO5/c1-6-13(10(16)18-5)7-9(15)8-14(13)11(17)19-12(2,3)4/h9,15H,6-8H2,1-5H3/t9-,13-/m1/s1. The molecule has 6 heteroatoms. The largest absolute Gasteiger partial charge is 0.467 e. The Hall–Kier alpha value is -1.30. The van der Waals surface area contributed by atoms with Gasteiger partial charge in [0.25, 0.3) is 0 Å². The fourth-order valence-electron chi connectivity index (χ4n) is 2.38. The van der Waals surface area contributed by atoms with Crippen LogP contribution in [0.3, 0.4) is 0 Å². The Labute approximate surface area is 113 Å². The minimum Gasteiger partial charge on any atom is -0.467 e. The third-order valence-electron chi connectivity index (χ3n) is 3.25. The van der Waals surface area contributed by atoms with Gasteiger partial charge in [0.1, 0.15) is 11.1 Å². The first kappa shape index (κ1) is 15.8. The van der Waals surface area contributed by atoms with Crippen LogP contribution in [0.1, 0.15) is 40.5 Å². The first-order valence-electron chi connectivity index (χ1n) is 6.43. The number of ether oxygens (including phenoxy) is 2. The maximum absolute atomic E-state index is 12.2. The lowest BCUT2D eigenvalue weighted by Gasteiger charge is -2.35. The van der Waals surface area contributed by atoms with Gasteiger partial charge < -0.3 is 14.6 Å². The summed E-state index contributed by atoms with van der Waals surface area (Å²) in [5, 5.41) is 9.80. The predicted molar refractivity (Wildman–Crippen MR) is 68.6 cm³/mol. The number of amides is 1. The van der Waals surface area contributed by atoms with Crippen LogP contribution in [-0.4, -0.2) is 53.0 Å². The van der Waals surface area contributed by atoms with Gasteiger partial charge in [0, 0.05) is 6.42 Å². The number of methoxy groups -OCH3 is 1. The van der Waals surface area contributed by atoms with E-state index in [0.29, 0.717) is 6.42 Å². The molecule has 1 fully saturated rings. The average molecular weight is 273 g/mol. The van der Waals surface area contributed by atoms with Crippen molar-refractivity contribution in [1.29, 1.82) is 0 Å². The van der Waals surface area contributed by atoms with E-state index >= 15 is 0 Å². The van der Waals surface area contributed by atoms with Crippen LogP contribution >= 0.6 is 0 Å². The van der Waals surface area contributed by atoms with E-state index in [1.54, 1.807) is 27.7 Å². The van der Waals surface area contributed by atoms with Crippen molar-refractivity contribution in [3.63, 3.8) is 0 Å². The van der Waals surface area contributed by atoms with Gasteiger partial charge in [-0.25, -0.2) is 9.59 Å². The van der Waals surface area contributed by atoms with E-state index in [1.165, 1.54) is 12.0 Å². The number of aliphatic hydroxyl groups is 1. The number of likely N-dealkylation sites (tertiary alicyclic amines) is 1. The summed E-state index contributed by atoms with van der Waals surface area (Å²) < 4.78 is 10.1. The summed E-state index contributed by atoms with van der Waals surface area (Å²) in [6.07, 6.45) is -0.798. The molecule has 19 heavy (non-hydrogen) atoms. The SMILES string of the molecule is CC[C@]1(C(=O)OC)C[C@@H](O)CN1C(=O)OC(C)(C)C. The molecule has 0 bridgehead atoms. The number of aliphatic hydroxyl groups excluding tert-OH is 1. The van der Waals surface area contributed by atoms with Crippen molar-refractivity contribution in [3.8, 4) is 0 Å². The number of β-amino-alcohol motifs (C(OH)–C–C–N with tert-alkyl or cyclic N) is 1. The maximum atomic E-state index is 12.2. The van der Waals surface area contributed by atoms with Gasteiger partial charge in [0.05, 0.1) is 19.8 Å². The number of nitrogens with zero attached hydrogens (tertiary/aromatic N) is 1. The molecular weight excluding hydrogens is 250 g/mol.